The number of aryl methyl sites for hydroxylation is 1. The standard InChI is InChI=1S/C22H23/c1-17-8-12-21(13-9-17)18(2)22-14-10-20(11-15-22)16-19-6-4-3-5-7-19/h2,8-16H,3-7H2,1H3. The highest BCUT2D eigenvalue weighted by Crippen LogP contribution is 2.26. The molecule has 0 amide bonds. The summed E-state index contributed by atoms with van der Waals surface area (Å²) in [7, 11) is 0. The Morgan fingerprint density at radius 1 is 0.818 bits per heavy atom. The normalized spacial score (nSPS) is 14.7. The highest BCUT2D eigenvalue weighted by molar-refractivity contribution is 5.77. The molecular weight excluding hydrogens is 264 g/mol. The Morgan fingerprint density at radius 3 is 1.95 bits per heavy atom. The van der Waals surface area contributed by atoms with Crippen LogP contribution in [-0.2, 0) is 0 Å². The maximum absolute atomic E-state index is 6.30. The second-order valence-electron chi connectivity index (χ2n) is 6.26. The van der Waals surface area contributed by atoms with E-state index in [4.69, 9.17) is 6.58 Å². The molecule has 1 aliphatic carbocycles. The van der Waals surface area contributed by atoms with Gasteiger partial charge >= 0.3 is 0 Å². The van der Waals surface area contributed by atoms with Crippen LogP contribution in [0, 0.1) is 13.5 Å². The molecule has 1 radical (unpaired) electrons. The second-order valence-corrected chi connectivity index (χ2v) is 6.26. The highest BCUT2D eigenvalue weighted by atomic mass is 14.1. The maximum Gasteiger partial charge on any atom is -0.0111 e. The summed E-state index contributed by atoms with van der Waals surface area (Å²) in [6.07, 6.45) is 8.96. The molecule has 2 aromatic rings. The summed E-state index contributed by atoms with van der Waals surface area (Å²) in [5.41, 5.74) is 7.16. The quantitative estimate of drug-likeness (QED) is 0.629. The predicted molar refractivity (Wildman–Crippen MR) is 95.5 cm³/mol. The van der Waals surface area contributed by atoms with Gasteiger partial charge in [-0.05, 0) is 54.9 Å². The van der Waals surface area contributed by atoms with E-state index in [0.717, 1.165) is 16.7 Å². The number of benzene rings is 2. The lowest BCUT2D eigenvalue weighted by Gasteiger charge is -2.13. The minimum atomic E-state index is 0.844. The zero-order valence-corrected chi connectivity index (χ0v) is 13.3. The summed E-state index contributed by atoms with van der Waals surface area (Å²) >= 11 is 0. The molecule has 1 saturated carbocycles. The predicted octanol–water partition coefficient (Wildman–Crippen LogP) is 6.21. The van der Waals surface area contributed by atoms with Gasteiger partial charge in [0.15, 0.2) is 0 Å². The topological polar surface area (TPSA) is 0 Å². The van der Waals surface area contributed by atoms with Gasteiger partial charge in [0.1, 0.15) is 0 Å². The van der Waals surface area contributed by atoms with Crippen molar-refractivity contribution in [2.45, 2.75) is 39.0 Å². The van der Waals surface area contributed by atoms with Crippen LogP contribution >= 0.6 is 0 Å². The van der Waals surface area contributed by atoms with Crippen molar-refractivity contribution in [3.05, 3.63) is 82.9 Å². The fourth-order valence-corrected chi connectivity index (χ4v) is 3.04. The zero-order chi connectivity index (χ0) is 15.4. The van der Waals surface area contributed by atoms with Gasteiger partial charge in [0.25, 0.3) is 0 Å². The van der Waals surface area contributed by atoms with E-state index in [9.17, 15) is 0 Å². The molecule has 0 unspecified atom stereocenters. The SMILES string of the molecule is [CH]=C(c1ccc(C)cc1)c1ccc(C=C2CCCCC2)cc1. The summed E-state index contributed by atoms with van der Waals surface area (Å²) in [6.45, 7) is 8.39. The van der Waals surface area contributed by atoms with Crippen LogP contribution in [-0.4, -0.2) is 0 Å². The molecule has 0 spiro atoms. The van der Waals surface area contributed by atoms with Crippen LogP contribution in [0.1, 0.15) is 54.4 Å². The van der Waals surface area contributed by atoms with E-state index in [1.807, 2.05) is 0 Å². The van der Waals surface area contributed by atoms with Crippen molar-refractivity contribution in [1.82, 2.24) is 0 Å². The van der Waals surface area contributed by atoms with Gasteiger partial charge in [0.2, 0.25) is 0 Å². The Kier molecular flexibility index (Phi) is 4.58. The zero-order valence-electron chi connectivity index (χ0n) is 13.3. The number of hydrogen-bond acceptors (Lipinski definition) is 0. The van der Waals surface area contributed by atoms with Crippen LogP contribution in [0.5, 0.6) is 0 Å². The third-order valence-corrected chi connectivity index (χ3v) is 4.45. The first kappa shape index (κ1) is 14.8. The van der Waals surface area contributed by atoms with Crippen LogP contribution in [0.15, 0.2) is 54.1 Å². The Bertz CT molecular complexity index is 661. The molecule has 0 aromatic heterocycles. The second kappa shape index (κ2) is 6.79. The van der Waals surface area contributed by atoms with Gasteiger partial charge in [0.05, 0.1) is 0 Å². The van der Waals surface area contributed by atoms with Gasteiger partial charge in [-0.15, -0.1) is 0 Å². The molecule has 0 heteroatoms. The van der Waals surface area contributed by atoms with Crippen LogP contribution in [0.25, 0.3) is 11.6 Å². The first-order valence-corrected chi connectivity index (χ1v) is 8.22. The summed E-state index contributed by atoms with van der Waals surface area (Å²) in [4.78, 5) is 0. The number of hydrogen-bond donors (Lipinski definition) is 0. The molecule has 0 bridgehead atoms. The molecule has 22 heavy (non-hydrogen) atoms. The molecule has 3 rings (SSSR count). The van der Waals surface area contributed by atoms with E-state index < -0.39 is 0 Å². The van der Waals surface area contributed by atoms with E-state index in [1.165, 1.54) is 43.2 Å². The summed E-state index contributed by atoms with van der Waals surface area (Å²) in [5.74, 6) is 0. The fourth-order valence-electron chi connectivity index (χ4n) is 3.04. The third kappa shape index (κ3) is 3.57. The van der Waals surface area contributed by atoms with E-state index >= 15 is 0 Å². The van der Waals surface area contributed by atoms with Crippen molar-refractivity contribution in [1.29, 1.82) is 0 Å². The molecule has 1 aliphatic rings. The average molecular weight is 287 g/mol. The minimum absolute atomic E-state index is 0.844. The minimum Gasteiger partial charge on any atom is -0.0696 e. The lowest BCUT2D eigenvalue weighted by atomic mass is 9.92. The van der Waals surface area contributed by atoms with Crippen molar-refractivity contribution in [2.24, 2.45) is 0 Å². The van der Waals surface area contributed by atoms with E-state index in [1.54, 1.807) is 5.57 Å². The first-order valence-electron chi connectivity index (χ1n) is 8.22. The smallest absolute Gasteiger partial charge is 0.0111 e. The van der Waals surface area contributed by atoms with Crippen LogP contribution < -0.4 is 0 Å². The highest BCUT2D eigenvalue weighted by Gasteiger charge is 2.06. The van der Waals surface area contributed by atoms with Crippen molar-refractivity contribution >= 4 is 11.6 Å². The molecule has 111 valence electrons. The van der Waals surface area contributed by atoms with Crippen molar-refractivity contribution in [3.63, 3.8) is 0 Å². The van der Waals surface area contributed by atoms with E-state index in [-0.39, 0.29) is 0 Å². The lowest BCUT2D eigenvalue weighted by molar-refractivity contribution is 0.602. The third-order valence-electron chi connectivity index (χ3n) is 4.45. The summed E-state index contributed by atoms with van der Waals surface area (Å²) < 4.78 is 0. The molecule has 0 N–H and O–H groups in total. The molecule has 0 saturated heterocycles. The van der Waals surface area contributed by atoms with Gasteiger partial charge in [-0.1, -0.05) is 78.7 Å². The molecule has 0 nitrogen and oxygen atoms in total. The van der Waals surface area contributed by atoms with Gasteiger partial charge in [-0.2, -0.15) is 0 Å². The first-order chi connectivity index (χ1) is 10.7. The lowest BCUT2D eigenvalue weighted by Crippen LogP contribution is -1.93. The van der Waals surface area contributed by atoms with Crippen LogP contribution in [0.3, 0.4) is 0 Å². The van der Waals surface area contributed by atoms with Crippen molar-refractivity contribution < 1.29 is 0 Å². The molecule has 0 atom stereocenters. The molecule has 2 aromatic carbocycles. The number of rotatable bonds is 3. The van der Waals surface area contributed by atoms with Gasteiger partial charge < -0.3 is 0 Å². The molecule has 0 heterocycles. The summed E-state index contributed by atoms with van der Waals surface area (Å²) in [6, 6.07) is 17.0. The Hall–Kier alpha value is -2.08. The fraction of sp³-hybridized carbons (Fsp3) is 0.273. The average Bonchev–Trinajstić information content (AvgIpc) is 2.57. The van der Waals surface area contributed by atoms with Crippen LogP contribution in [0.4, 0.5) is 0 Å². The summed E-state index contributed by atoms with van der Waals surface area (Å²) in [5, 5.41) is 0. The largest absolute Gasteiger partial charge is 0.0696 e. The van der Waals surface area contributed by atoms with Crippen molar-refractivity contribution in [2.75, 3.05) is 0 Å². The molecule has 1 fully saturated rings. The molecular formula is C22H23. The van der Waals surface area contributed by atoms with Gasteiger partial charge in [-0.25, -0.2) is 0 Å². The van der Waals surface area contributed by atoms with E-state index in [2.05, 4.69) is 61.5 Å². The Balaban J connectivity index is 1.76. The van der Waals surface area contributed by atoms with Gasteiger partial charge in [0, 0.05) is 0 Å². The van der Waals surface area contributed by atoms with Crippen LogP contribution in [0.2, 0.25) is 0 Å². The monoisotopic (exact) mass is 287 g/mol. The Morgan fingerprint density at radius 2 is 1.36 bits per heavy atom. The Labute approximate surface area is 134 Å². The van der Waals surface area contributed by atoms with E-state index in [0.29, 0.717) is 0 Å². The number of allylic oxidation sites excluding steroid dienone is 1. The molecule has 0 aliphatic heterocycles. The van der Waals surface area contributed by atoms with Crippen molar-refractivity contribution in [3.8, 4) is 0 Å². The maximum atomic E-state index is 6.30. The van der Waals surface area contributed by atoms with Gasteiger partial charge in [-0.3, -0.25) is 0 Å².